The first-order valence-electron chi connectivity index (χ1n) is 5.81. The number of hydrogen-bond acceptors (Lipinski definition) is 5. The van der Waals surface area contributed by atoms with Crippen molar-refractivity contribution in [2.45, 2.75) is 40.0 Å². The van der Waals surface area contributed by atoms with Gasteiger partial charge in [0.05, 0.1) is 5.41 Å². The number of carbonyl (C=O) groups is 1. The zero-order valence-corrected chi connectivity index (χ0v) is 11.3. The highest BCUT2D eigenvalue weighted by molar-refractivity contribution is 7.09. The Bertz CT molecular complexity index is 381. The van der Waals surface area contributed by atoms with Crippen LogP contribution in [0.5, 0.6) is 0 Å². The number of nitrogens with zero attached hydrogens (tertiary/aromatic N) is 2. The van der Waals surface area contributed by atoms with Crippen LogP contribution >= 0.6 is 11.5 Å². The number of aryl methyl sites for hydroxylation is 1. The number of nitrogens with one attached hydrogen (secondary N) is 1. The van der Waals surface area contributed by atoms with E-state index in [9.17, 15) is 4.79 Å². The highest BCUT2D eigenvalue weighted by atomic mass is 32.1. The molecule has 1 heterocycles. The van der Waals surface area contributed by atoms with Gasteiger partial charge in [0.1, 0.15) is 5.82 Å². The minimum atomic E-state index is -0.786. The fraction of sp³-hybridized carbons (Fsp3) is 0.727. The van der Waals surface area contributed by atoms with E-state index in [4.69, 9.17) is 5.11 Å². The topological polar surface area (TPSA) is 75.1 Å². The molecule has 0 amide bonds. The molecule has 1 atom stereocenters. The second-order valence-electron chi connectivity index (χ2n) is 4.34. The van der Waals surface area contributed by atoms with Crippen molar-refractivity contribution in [1.29, 1.82) is 0 Å². The number of hydrogen-bond donors (Lipinski definition) is 2. The Hall–Kier alpha value is -1.17. The summed E-state index contributed by atoms with van der Waals surface area (Å²) in [4.78, 5) is 15.4. The van der Waals surface area contributed by atoms with E-state index in [2.05, 4.69) is 21.6 Å². The second-order valence-corrected chi connectivity index (χ2v) is 5.09. The molecule has 0 aliphatic heterocycles. The van der Waals surface area contributed by atoms with Gasteiger partial charge in [0, 0.05) is 24.5 Å². The molecular formula is C11H19N3O2S. The van der Waals surface area contributed by atoms with E-state index in [1.54, 1.807) is 6.92 Å². The number of aliphatic carboxylic acids is 1. The van der Waals surface area contributed by atoms with Crippen molar-refractivity contribution in [3.05, 3.63) is 5.82 Å². The van der Waals surface area contributed by atoms with E-state index in [0.717, 1.165) is 18.7 Å². The lowest BCUT2D eigenvalue weighted by Crippen LogP contribution is -2.34. The predicted molar refractivity (Wildman–Crippen MR) is 68.4 cm³/mol. The van der Waals surface area contributed by atoms with Gasteiger partial charge in [-0.25, -0.2) is 4.98 Å². The Balaban J connectivity index is 2.56. The average molecular weight is 257 g/mol. The lowest BCUT2D eigenvalue weighted by atomic mass is 9.88. The van der Waals surface area contributed by atoms with Gasteiger partial charge in [0.2, 0.25) is 5.13 Å². The lowest BCUT2D eigenvalue weighted by Gasteiger charge is -2.22. The molecule has 6 heteroatoms. The van der Waals surface area contributed by atoms with Gasteiger partial charge in [0.25, 0.3) is 0 Å². The molecule has 1 unspecified atom stereocenters. The van der Waals surface area contributed by atoms with Crippen LogP contribution in [-0.2, 0) is 11.2 Å². The maximum Gasteiger partial charge on any atom is 0.311 e. The quantitative estimate of drug-likeness (QED) is 0.784. The highest BCUT2D eigenvalue weighted by Crippen LogP contribution is 2.23. The molecule has 96 valence electrons. The third-order valence-corrected chi connectivity index (χ3v) is 3.58. The van der Waals surface area contributed by atoms with E-state index in [1.807, 2.05) is 6.92 Å². The molecule has 1 rings (SSSR count). The van der Waals surface area contributed by atoms with Gasteiger partial charge in [-0.1, -0.05) is 13.8 Å². The summed E-state index contributed by atoms with van der Waals surface area (Å²) in [6, 6.07) is 0. The van der Waals surface area contributed by atoms with Crippen LogP contribution in [0, 0.1) is 5.41 Å². The van der Waals surface area contributed by atoms with Gasteiger partial charge in [-0.15, -0.1) is 0 Å². The number of anilines is 1. The van der Waals surface area contributed by atoms with Crippen molar-refractivity contribution in [1.82, 2.24) is 9.36 Å². The minimum absolute atomic E-state index is 0.375. The van der Waals surface area contributed by atoms with E-state index >= 15 is 0 Å². The summed E-state index contributed by atoms with van der Waals surface area (Å²) in [5, 5.41) is 12.9. The molecule has 0 radical (unpaired) electrons. The van der Waals surface area contributed by atoms with E-state index in [1.165, 1.54) is 11.5 Å². The fourth-order valence-corrected chi connectivity index (χ4v) is 1.88. The first-order chi connectivity index (χ1) is 8.01. The van der Waals surface area contributed by atoms with Crippen LogP contribution in [0.2, 0.25) is 0 Å². The molecule has 0 saturated heterocycles. The summed E-state index contributed by atoms with van der Waals surface area (Å²) in [6.45, 7) is 6.06. The van der Waals surface area contributed by atoms with E-state index < -0.39 is 11.4 Å². The van der Waals surface area contributed by atoms with Crippen LogP contribution < -0.4 is 5.32 Å². The van der Waals surface area contributed by atoms with Crippen LogP contribution in [0.15, 0.2) is 0 Å². The fourth-order valence-electron chi connectivity index (χ4n) is 1.27. The number of rotatable bonds is 7. The smallest absolute Gasteiger partial charge is 0.311 e. The minimum Gasteiger partial charge on any atom is -0.481 e. The van der Waals surface area contributed by atoms with Crippen LogP contribution in [-0.4, -0.2) is 27.0 Å². The first-order valence-corrected chi connectivity index (χ1v) is 6.59. The van der Waals surface area contributed by atoms with Crippen LogP contribution in [0.4, 0.5) is 5.13 Å². The third-order valence-electron chi connectivity index (χ3n) is 2.87. The monoisotopic (exact) mass is 257 g/mol. The number of aromatic nitrogens is 2. The Morgan fingerprint density at radius 3 is 2.76 bits per heavy atom. The van der Waals surface area contributed by atoms with Crippen LogP contribution in [0.25, 0.3) is 0 Å². The van der Waals surface area contributed by atoms with Crippen molar-refractivity contribution in [3.8, 4) is 0 Å². The SMILES string of the molecule is CCCc1nsc(NCC(C)(CC)C(=O)O)n1. The van der Waals surface area contributed by atoms with Crippen molar-refractivity contribution in [3.63, 3.8) is 0 Å². The maximum atomic E-state index is 11.1. The van der Waals surface area contributed by atoms with Crippen molar-refractivity contribution in [2.75, 3.05) is 11.9 Å². The third kappa shape index (κ3) is 3.66. The molecule has 0 spiro atoms. The Labute approximate surface area is 105 Å². The molecule has 0 aliphatic rings. The zero-order valence-electron chi connectivity index (χ0n) is 10.5. The summed E-state index contributed by atoms with van der Waals surface area (Å²) in [6.07, 6.45) is 2.45. The predicted octanol–water partition coefficient (Wildman–Crippen LogP) is 2.40. The van der Waals surface area contributed by atoms with Crippen molar-refractivity contribution >= 4 is 22.6 Å². The molecule has 0 fully saturated rings. The van der Waals surface area contributed by atoms with Gasteiger partial charge >= 0.3 is 5.97 Å². The molecule has 0 saturated carbocycles. The van der Waals surface area contributed by atoms with Crippen LogP contribution in [0.3, 0.4) is 0 Å². The first kappa shape index (κ1) is 13.9. The van der Waals surface area contributed by atoms with Crippen LogP contribution in [0.1, 0.15) is 39.4 Å². The van der Waals surface area contributed by atoms with Gasteiger partial charge in [-0.2, -0.15) is 4.37 Å². The van der Waals surface area contributed by atoms with E-state index in [-0.39, 0.29) is 0 Å². The number of carboxylic acids is 1. The largest absolute Gasteiger partial charge is 0.481 e. The zero-order chi connectivity index (χ0) is 12.9. The molecule has 17 heavy (non-hydrogen) atoms. The molecule has 1 aromatic heterocycles. The standard InChI is InChI=1S/C11H19N3O2S/c1-4-6-8-13-10(17-14-8)12-7-11(3,5-2)9(15)16/h4-7H2,1-3H3,(H,15,16)(H,12,13,14). The van der Waals surface area contributed by atoms with Gasteiger partial charge in [0.15, 0.2) is 0 Å². The molecule has 0 aliphatic carbocycles. The molecule has 1 aromatic rings. The van der Waals surface area contributed by atoms with Crippen molar-refractivity contribution in [2.24, 2.45) is 5.41 Å². The van der Waals surface area contributed by atoms with E-state index in [0.29, 0.717) is 18.1 Å². The summed E-state index contributed by atoms with van der Waals surface area (Å²) < 4.78 is 4.20. The number of carboxylic acid groups (broad SMARTS) is 1. The highest BCUT2D eigenvalue weighted by Gasteiger charge is 2.31. The summed E-state index contributed by atoms with van der Waals surface area (Å²) in [5.41, 5.74) is -0.753. The van der Waals surface area contributed by atoms with Gasteiger partial charge in [-0.05, 0) is 19.8 Å². The summed E-state index contributed by atoms with van der Waals surface area (Å²) >= 11 is 1.29. The summed E-state index contributed by atoms with van der Waals surface area (Å²) in [5.74, 6) is 0.0410. The normalized spacial score (nSPS) is 14.3. The average Bonchev–Trinajstić information content (AvgIpc) is 2.74. The second kappa shape index (κ2) is 5.95. The lowest BCUT2D eigenvalue weighted by molar-refractivity contribution is -0.147. The maximum absolute atomic E-state index is 11.1. The molecule has 5 nitrogen and oxygen atoms in total. The van der Waals surface area contributed by atoms with Gasteiger partial charge < -0.3 is 10.4 Å². The van der Waals surface area contributed by atoms with Gasteiger partial charge in [-0.3, -0.25) is 4.79 Å². The Morgan fingerprint density at radius 2 is 2.24 bits per heavy atom. The summed E-state index contributed by atoms with van der Waals surface area (Å²) in [7, 11) is 0. The molecule has 0 aromatic carbocycles. The Morgan fingerprint density at radius 1 is 1.53 bits per heavy atom. The molecule has 2 N–H and O–H groups in total. The van der Waals surface area contributed by atoms with Crippen molar-refractivity contribution < 1.29 is 9.90 Å². The molecular weight excluding hydrogens is 238 g/mol. The Kier molecular flexibility index (Phi) is 4.86. The molecule has 0 bridgehead atoms.